The van der Waals surface area contributed by atoms with Gasteiger partial charge in [0.25, 0.3) is 0 Å². The molecule has 8 nitrogen and oxygen atoms in total. The monoisotopic (exact) mass is 474 g/mol. The van der Waals surface area contributed by atoms with Crippen LogP contribution in [0.15, 0.2) is 24.3 Å². The van der Waals surface area contributed by atoms with Crippen LogP contribution in [-0.4, -0.2) is 82.8 Å². The summed E-state index contributed by atoms with van der Waals surface area (Å²) in [6, 6.07) is -0.832. The predicted octanol–water partition coefficient (Wildman–Crippen LogP) is 2.21. The van der Waals surface area contributed by atoms with Gasteiger partial charge in [-0.3, -0.25) is 14.4 Å². The van der Waals surface area contributed by atoms with Crippen LogP contribution in [0.5, 0.6) is 0 Å². The number of hydrogen-bond acceptors (Lipinski definition) is 6. The van der Waals surface area contributed by atoms with E-state index < -0.39 is 35.0 Å². The third-order valence-corrected chi connectivity index (χ3v) is 7.82. The van der Waals surface area contributed by atoms with E-state index in [2.05, 4.69) is 6.92 Å². The lowest BCUT2D eigenvalue weighted by atomic mass is 9.73. The van der Waals surface area contributed by atoms with E-state index in [1.54, 1.807) is 4.90 Å². The molecule has 8 heteroatoms. The number of aliphatic hydroxyl groups excluding tert-OH is 1. The molecular formula is C26H38N2O6. The second-order valence-corrected chi connectivity index (χ2v) is 9.84. The maximum absolute atomic E-state index is 14.0. The van der Waals surface area contributed by atoms with Gasteiger partial charge in [0.2, 0.25) is 11.8 Å². The van der Waals surface area contributed by atoms with Gasteiger partial charge in [-0.1, -0.05) is 51.0 Å². The van der Waals surface area contributed by atoms with E-state index in [9.17, 15) is 19.5 Å². The average molecular weight is 475 g/mol. The van der Waals surface area contributed by atoms with Crippen molar-refractivity contribution < 1.29 is 29.0 Å². The normalized spacial score (nSPS) is 34.9. The number of hydrogen-bond donors (Lipinski definition) is 1. The molecule has 1 unspecified atom stereocenters. The van der Waals surface area contributed by atoms with Gasteiger partial charge >= 0.3 is 5.97 Å². The Morgan fingerprint density at radius 3 is 2.53 bits per heavy atom. The Bertz CT molecular complexity index is 856. The number of nitrogens with zero attached hydrogens (tertiary/aromatic N) is 2. The molecule has 5 atom stereocenters. The minimum Gasteiger partial charge on any atom is -0.465 e. The molecule has 4 aliphatic heterocycles. The molecule has 0 radical (unpaired) electrons. The first-order valence-electron chi connectivity index (χ1n) is 12.9. The molecule has 2 saturated heterocycles. The fourth-order valence-corrected chi connectivity index (χ4v) is 6.16. The first kappa shape index (κ1) is 24.9. The van der Waals surface area contributed by atoms with Crippen molar-refractivity contribution in [2.75, 3.05) is 32.8 Å². The van der Waals surface area contributed by atoms with Gasteiger partial charge in [-0.15, -0.1) is 0 Å². The zero-order chi connectivity index (χ0) is 24.3. The number of aliphatic hydroxyl groups is 1. The van der Waals surface area contributed by atoms with Crippen molar-refractivity contribution in [2.24, 2.45) is 11.8 Å². The van der Waals surface area contributed by atoms with Crippen LogP contribution in [0.2, 0.25) is 0 Å². The summed E-state index contributed by atoms with van der Waals surface area (Å²) in [4.78, 5) is 44.7. The Morgan fingerprint density at radius 1 is 1.00 bits per heavy atom. The topological polar surface area (TPSA) is 96.4 Å². The number of cyclic esters (lactones) is 1. The number of amides is 2. The fourth-order valence-electron chi connectivity index (χ4n) is 6.16. The molecule has 188 valence electrons. The van der Waals surface area contributed by atoms with Gasteiger partial charge in [0, 0.05) is 26.2 Å². The van der Waals surface area contributed by atoms with E-state index in [0.29, 0.717) is 45.3 Å². The van der Waals surface area contributed by atoms with Gasteiger partial charge in [0.1, 0.15) is 23.2 Å². The van der Waals surface area contributed by atoms with Crippen LogP contribution in [0.3, 0.4) is 0 Å². The molecule has 0 aromatic rings. The number of carbonyl (C=O) groups excluding carboxylic acids is 3. The molecule has 2 amide bonds. The Labute approximate surface area is 201 Å². The highest BCUT2D eigenvalue weighted by atomic mass is 16.6. The van der Waals surface area contributed by atoms with E-state index in [1.165, 1.54) is 0 Å². The molecule has 0 saturated carbocycles. The van der Waals surface area contributed by atoms with Crippen molar-refractivity contribution in [3.63, 3.8) is 0 Å². The lowest BCUT2D eigenvalue weighted by Crippen LogP contribution is -2.56. The zero-order valence-corrected chi connectivity index (χ0v) is 20.4. The highest BCUT2D eigenvalue weighted by Crippen LogP contribution is 2.58. The van der Waals surface area contributed by atoms with Crippen LogP contribution in [-0.2, 0) is 23.9 Å². The highest BCUT2D eigenvalue weighted by Gasteiger charge is 2.75. The van der Waals surface area contributed by atoms with Gasteiger partial charge in [-0.25, -0.2) is 0 Å². The molecule has 2 fully saturated rings. The molecular weight excluding hydrogens is 436 g/mol. The van der Waals surface area contributed by atoms with Gasteiger partial charge in [0.05, 0.1) is 12.5 Å². The fraction of sp³-hybridized carbons (Fsp3) is 0.731. The van der Waals surface area contributed by atoms with Crippen LogP contribution in [0.25, 0.3) is 0 Å². The van der Waals surface area contributed by atoms with E-state index in [0.717, 1.165) is 19.3 Å². The smallest absolute Gasteiger partial charge is 0.313 e. The summed E-state index contributed by atoms with van der Waals surface area (Å²) in [5.41, 5.74) is -2.21. The van der Waals surface area contributed by atoms with Crippen LogP contribution >= 0.6 is 0 Å². The van der Waals surface area contributed by atoms with Crippen molar-refractivity contribution in [2.45, 2.75) is 76.0 Å². The Kier molecular flexibility index (Phi) is 7.48. The number of carbonyl (C=O) groups is 3. The van der Waals surface area contributed by atoms with E-state index in [-0.39, 0.29) is 25.0 Å². The van der Waals surface area contributed by atoms with Crippen LogP contribution in [0, 0.1) is 11.8 Å². The SMILES string of the molecule is CCCCCN1CC=C[C@]23O[C@]4(CC)C=CCCOC(=O)[C@@H]4[C@H]2C(=O)N(CCCCO)C3C1=O. The lowest BCUT2D eigenvalue weighted by Gasteiger charge is -2.38. The van der Waals surface area contributed by atoms with Gasteiger partial charge in [0.15, 0.2) is 0 Å². The predicted molar refractivity (Wildman–Crippen MR) is 126 cm³/mol. The third-order valence-electron chi connectivity index (χ3n) is 7.82. The van der Waals surface area contributed by atoms with Crippen molar-refractivity contribution in [1.82, 2.24) is 9.80 Å². The minimum absolute atomic E-state index is 0.0213. The summed E-state index contributed by atoms with van der Waals surface area (Å²) in [7, 11) is 0. The standard InChI is InChI=1S/C26H38N2O6/c1-3-5-7-14-27-15-11-13-26-19(22(30)28(16-8-9-17-29)21(26)23(27)31)20-24(32)33-18-10-6-12-25(20,4-2)34-26/h6,11-13,19-21,29H,3-5,7-10,14-18H2,1-2H3/t19-,20-,21?,25+,26-/m0/s1. The summed E-state index contributed by atoms with van der Waals surface area (Å²) >= 11 is 0. The Hall–Kier alpha value is -2.19. The maximum atomic E-state index is 14.0. The van der Waals surface area contributed by atoms with E-state index >= 15 is 0 Å². The first-order valence-corrected chi connectivity index (χ1v) is 12.9. The quantitative estimate of drug-likeness (QED) is 0.313. The molecule has 1 N–H and O–H groups in total. The molecule has 0 aliphatic carbocycles. The van der Waals surface area contributed by atoms with Gasteiger partial charge < -0.3 is 24.4 Å². The Balaban J connectivity index is 1.78. The molecule has 0 bridgehead atoms. The molecule has 4 aliphatic rings. The average Bonchev–Trinajstić information content (AvgIpc) is 3.16. The van der Waals surface area contributed by atoms with E-state index in [4.69, 9.17) is 9.47 Å². The molecule has 0 aromatic carbocycles. The van der Waals surface area contributed by atoms with Crippen LogP contribution in [0.1, 0.15) is 58.8 Å². The molecule has 0 aromatic heterocycles. The second kappa shape index (κ2) is 10.2. The van der Waals surface area contributed by atoms with E-state index in [1.807, 2.05) is 36.1 Å². The summed E-state index contributed by atoms with van der Waals surface area (Å²) in [5, 5.41) is 9.29. The van der Waals surface area contributed by atoms with Gasteiger partial charge in [-0.2, -0.15) is 0 Å². The van der Waals surface area contributed by atoms with Crippen molar-refractivity contribution in [1.29, 1.82) is 0 Å². The largest absolute Gasteiger partial charge is 0.465 e. The number of ether oxygens (including phenoxy) is 2. The summed E-state index contributed by atoms with van der Waals surface area (Å²) in [6.45, 7) is 5.78. The lowest BCUT2D eigenvalue weighted by molar-refractivity contribution is -0.161. The van der Waals surface area contributed by atoms with Crippen LogP contribution in [0.4, 0.5) is 0 Å². The maximum Gasteiger partial charge on any atom is 0.313 e. The molecule has 4 rings (SSSR count). The number of rotatable bonds is 9. The molecule has 34 heavy (non-hydrogen) atoms. The Morgan fingerprint density at radius 2 is 1.79 bits per heavy atom. The zero-order valence-electron chi connectivity index (χ0n) is 20.4. The van der Waals surface area contributed by atoms with Crippen LogP contribution < -0.4 is 0 Å². The third kappa shape index (κ3) is 3.98. The summed E-state index contributed by atoms with van der Waals surface area (Å²) in [6.07, 6.45) is 12.9. The number of likely N-dealkylation sites (tertiary alicyclic amines) is 1. The minimum atomic E-state index is -1.22. The van der Waals surface area contributed by atoms with Crippen molar-refractivity contribution in [3.8, 4) is 0 Å². The molecule has 4 heterocycles. The molecule has 1 spiro atoms. The van der Waals surface area contributed by atoms with Crippen molar-refractivity contribution >= 4 is 17.8 Å². The van der Waals surface area contributed by atoms with Gasteiger partial charge in [-0.05, 0) is 32.1 Å². The highest BCUT2D eigenvalue weighted by molar-refractivity contribution is 5.99. The summed E-state index contributed by atoms with van der Waals surface area (Å²) in [5.74, 6) is -2.42. The number of unbranched alkanes of at least 4 members (excludes halogenated alkanes) is 3. The number of fused-ring (bicyclic) bond motifs is 2. The van der Waals surface area contributed by atoms with Crippen molar-refractivity contribution in [3.05, 3.63) is 24.3 Å². The summed E-state index contributed by atoms with van der Waals surface area (Å²) < 4.78 is 12.4. The first-order chi connectivity index (χ1) is 16.5. The number of esters is 1. The second-order valence-electron chi connectivity index (χ2n) is 9.84.